The minimum Gasteiger partial charge on any atom is -0.501 e. The van der Waals surface area contributed by atoms with Gasteiger partial charge in [-0.2, -0.15) is 0 Å². The molecule has 1 aliphatic rings. The molecule has 0 bridgehead atoms. The Morgan fingerprint density at radius 2 is 2.43 bits per heavy atom. The van der Waals surface area contributed by atoms with Crippen LogP contribution >= 0.6 is 15.9 Å². The number of aromatic nitrogens is 1. The number of nitrogens with zero attached hydrogens (tertiary/aromatic N) is 1. The number of rotatable bonds is 2. The first-order chi connectivity index (χ1) is 6.79. The summed E-state index contributed by atoms with van der Waals surface area (Å²) < 4.78 is 6.11. The summed E-state index contributed by atoms with van der Waals surface area (Å²) in [5.41, 5.74) is 8.28. The minimum atomic E-state index is -0.0881. The van der Waals surface area contributed by atoms with Gasteiger partial charge in [0.15, 0.2) is 0 Å². The molecule has 0 aliphatic carbocycles. The fraction of sp³-hybridized carbons (Fsp3) is 0.300. The lowest BCUT2D eigenvalue weighted by molar-refractivity contribution is 0.281. The maximum atomic E-state index is 6.10. The maximum absolute atomic E-state index is 6.10. The zero-order valence-corrected chi connectivity index (χ0v) is 9.20. The molecule has 74 valence electrons. The first-order valence-electron chi connectivity index (χ1n) is 4.44. The highest BCUT2D eigenvalue weighted by Crippen LogP contribution is 2.29. The van der Waals surface area contributed by atoms with Gasteiger partial charge in [-0.3, -0.25) is 4.98 Å². The lowest BCUT2D eigenvalue weighted by atomic mass is 10.0. The second kappa shape index (κ2) is 4.11. The van der Waals surface area contributed by atoms with E-state index >= 15 is 0 Å². The molecule has 1 atom stereocenters. The molecule has 0 aromatic carbocycles. The molecule has 0 spiro atoms. The SMILES string of the molecule is NC(C1=COCC1)c1ccncc1Br. The Labute approximate surface area is 91.1 Å². The predicted octanol–water partition coefficient (Wildman–Crippen LogP) is 2.15. The van der Waals surface area contributed by atoms with Crippen LogP contribution in [-0.4, -0.2) is 11.6 Å². The minimum absolute atomic E-state index is 0.0881. The van der Waals surface area contributed by atoms with Crippen LogP contribution in [0.1, 0.15) is 18.0 Å². The third kappa shape index (κ3) is 1.81. The molecular weight excluding hydrogens is 244 g/mol. The van der Waals surface area contributed by atoms with Crippen molar-refractivity contribution in [3.05, 3.63) is 40.3 Å². The van der Waals surface area contributed by atoms with Gasteiger partial charge in [0.2, 0.25) is 0 Å². The van der Waals surface area contributed by atoms with E-state index < -0.39 is 0 Å². The molecule has 0 radical (unpaired) electrons. The average Bonchev–Trinajstić information content (AvgIpc) is 2.70. The van der Waals surface area contributed by atoms with Crippen molar-refractivity contribution in [1.29, 1.82) is 0 Å². The summed E-state index contributed by atoms with van der Waals surface area (Å²) in [5, 5.41) is 0. The molecule has 1 aliphatic heterocycles. The summed E-state index contributed by atoms with van der Waals surface area (Å²) in [4.78, 5) is 4.00. The molecule has 4 heteroatoms. The zero-order valence-electron chi connectivity index (χ0n) is 7.61. The van der Waals surface area contributed by atoms with Gasteiger partial charge in [0, 0.05) is 23.3 Å². The number of hydrogen-bond acceptors (Lipinski definition) is 3. The van der Waals surface area contributed by atoms with Crippen molar-refractivity contribution in [3.63, 3.8) is 0 Å². The Balaban J connectivity index is 2.26. The van der Waals surface area contributed by atoms with Gasteiger partial charge in [0.25, 0.3) is 0 Å². The fourth-order valence-corrected chi connectivity index (χ4v) is 1.97. The predicted molar refractivity (Wildman–Crippen MR) is 57.5 cm³/mol. The van der Waals surface area contributed by atoms with Crippen molar-refractivity contribution in [2.45, 2.75) is 12.5 Å². The van der Waals surface area contributed by atoms with Crippen LogP contribution in [0, 0.1) is 0 Å². The highest BCUT2D eigenvalue weighted by atomic mass is 79.9. The normalized spacial score (nSPS) is 17.4. The van der Waals surface area contributed by atoms with Crippen molar-refractivity contribution in [1.82, 2.24) is 4.98 Å². The fourth-order valence-electron chi connectivity index (χ4n) is 1.47. The van der Waals surface area contributed by atoms with Crippen molar-refractivity contribution < 1.29 is 4.74 Å². The molecule has 2 rings (SSSR count). The Morgan fingerprint density at radius 3 is 3.07 bits per heavy atom. The third-order valence-electron chi connectivity index (χ3n) is 2.28. The Bertz CT molecular complexity index is 365. The first kappa shape index (κ1) is 9.68. The van der Waals surface area contributed by atoms with E-state index in [0.29, 0.717) is 0 Å². The molecule has 2 heterocycles. The molecule has 1 aromatic heterocycles. The van der Waals surface area contributed by atoms with E-state index in [4.69, 9.17) is 10.5 Å². The smallest absolute Gasteiger partial charge is 0.0912 e. The van der Waals surface area contributed by atoms with E-state index in [2.05, 4.69) is 20.9 Å². The van der Waals surface area contributed by atoms with Gasteiger partial charge < -0.3 is 10.5 Å². The number of nitrogens with two attached hydrogens (primary N) is 1. The van der Waals surface area contributed by atoms with Gasteiger partial charge in [-0.05, 0) is 33.1 Å². The molecule has 0 amide bonds. The van der Waals surface area contributed by atoms with E-state index in [1.807, 2.05) is 6.07 Å². The molecule has 0 saturated heterocycles. The Morgan fingerprint density at radius 1 is 1.57 bits per heavy atom. The number of ether oxygens (including phenoxy) is 1. The van der Waals surface area contributed by atoms with Gasteiger partial charge in [0.05, 0.1) is 18.9 Å². The number of halogens is 1. The van der Waals surface area contributed by atoms with Gasteiger partial charge in [-0.1, -0.05) is 0 Å². The van der Waals surface area contributed by atoms with Crippen molar-refractivity contribution in [2.75, 3.05) is 6.61 Å². The molecule has 14 heavy (non-hydrogen) atoms. The lowest BCUT2D eigenvalue weighted by Crippen LogP contribution is -2.13. The average molecular weight is 255 g/mol. The first-order valence-corrected chi connectivity index (χ1v) is 5.24. The van der Waals surface area contributed by atoms with E-state index in [1.54, 1.807) is 18.7 Å². The van der Waals surface area contributed by atoms with Gasteiger partial charge >= 0.3 is 0 Å². The highest BCUT2D eigenvalue weighted by Gasteiger charge is 2.17. The molecule has 1 aromatic rings. The monoisotopic (exact) mass is 254 g/mol. The van der Waals surface area contributed by atoms with E-state index in [1.165, 1.54) is 0 Å². The number of hydrogen-bond donors (Lipinski definition) is 1. The standard InChI is InChI=1S/C10H11BrN2O/c11-9-5-13-3-1-8(9)10(12)7-2-4-14-6-7/h1,3,5-6,10H,2,4,12H2. The van der Waals surface area contributed by atoms with Crippen molar-refractivity contribution in [3.8, 4) is 0 Å². The van der Waals surface area contributed by atoms with Crippen molar-refractivity contribution in [2.24, 2.45) is 5.73 Å². The summed E-state index contributed by atoms with van der Waals surface area (Å²) in [6.07, 6.45) is 6.18. The van der Waals surface area contributed by atoms with Crippen LogP contribution in [0.3, 0.4) is 0 Å². The van der Waals surface area contributed by atoms with E-state index in [0.717, 1.165) is 28.6 Å². The molecule has 2 N–H and O–H groups in total. The van der Waals surface area contributed by atoms with Crippen LogP contribution in [0.25, 0.3) is 0 Å². The topological polar surface area (TPSA) is 48.1 Å². The summed E-state index contributed by atoms with van der Waals surface area (Å²) in [5.74, 6) is 0. The van der Waals surface area contributed by atoms with E-state index in [-0.39, 0.29) is 6.04 Å². The quantitative estimate of drug-likeness (QED) is 0.880. The van der Waals surface area contributed by atoms with Crippen LogP contribution in [0.2, 0.25) is 0 Å². The molecule has 0 fully saturated rings. The van der Waals surface area contributed by atoms with E-state index in [9.17, 15) is 0 Å². The van der Waals surface area contributed by atoms with Crippen LogP contribution < -0.4 is 5.73 Å². The van der Waals surface area contributed by atoms with Crippen LogP contribution in [0.4, 0.5) is 0 Å². The molecule has 0 saturated carbocycles. The second-order valence-electron chi connectivity index (χ2n) is 3.19. The van der Waals surface area contributed by atoms with Gasteiger partial charge in [0.1, 0.15) is 0 Å². The molecule has 3 nitrogen and oxygen atoms in total. The summed E-state index contributed by atoms with van der Waals surface area (Å²) in [6.45, 7) is 0.742. The highest BCUT2D eigenvalue weighted by molar-refractivity contribution is 9.10. The van der Waals surface area contributed by atoms with Gasteiger partial charge in [-0.15, -0.1) is 0 Å². The molecule has 1 unspecified atom stereocenters. The summed E-state index contributed by atoms with van der Waals surface area (Å²) >= 11 is 3.43. The van der Waals surface area contributed by atoms with Crippen LogP contribution in [-0.2, 0) is 4.74 Å². The third-order valence-corrected chi connectivity index (χ3v) is 2.94. The second-order valence-corrected chi connectivity index (χ2v) is 4.04. The van der Waals surface area contributed by atoms with Crippen LogP contribution in [0.5, 0.6) is 0 Å². The zero-order chi connectivity index (χ0) is 9.97. The summed E-state index contributed by atoms with van der Waals surface area (Å²) in [7, 11) is 0. The Kier molecular flexibility index (Phi) is 2.84. The maximum Gasteiger partial charge on any atom is 0.0912 e. The van der Waals surface area contributed by atoms with Crippen molar-refractivity contribution >= 4 is 15.9 Å². The number of pyridine rings is 1. The summed E-state index contributed by atoms with van der Waals surface area (Å²) in [6, 6.07) is 1.84. The van der Waals surface area contributed by atoms with Gasteiger partial charge in [-0.25, -0.2) is 0 Å². The Hall–Kier alpha value is -0.870. The largest absolute Gasteiger partial charge is 0.501 e. The molecular formula is C10H11BrN2O. The lowest BCUT2D eigenvalue weighted by Gasteiger charge is -2.13. The van der Waals surface area contributed by atoms with Crippen LogP contribution in [0.15, 0.2) is 34.8 Å².